The Morgan fingerprint density at radius 2 is 1.86 bits per heavy atom. The van der Waals surface area contributed by atoms with Gasteiger partial charge in [-0.25, -0.2) is 14.8 Å². The van der Waals surface area contributed by atoms with Crippen LogP contribution in [0.3, 0.4) is 0 Å². The summed E-state index contributed by atoms with van der Waals surface area (Å²) in [6, 6.07) is 8.30. The quantitative estimate of drug-likeness (QED) is 0.523. The lowest BCUT2D eigenvalue weighted by molar-refractivity contribution is -0.191. The lowest BCUT2D eigenvalue weighted by Gasteiger charge is -2.55. The number of carboxylic acid groups (broad SMARTS) is 1. The number of carboxylic acids is 1. The molecular weight excluding hydrogens is 450 g/mol. The predicted octanol–water partition coefficient (Wildman–Crippen LogP) is 2.12. The third-order valence-corrected chi connectivity index (χ3v) is 6.41. The average molecular weight is 488 g/mol. The van der Waals surface area contributed by atoms with Crippen molar-refractivity contribution in [3.05, 3.63) is 35.9 Å². The predicted molar refractivity (Wildman–Crippen MR) is 130 cm³/mol. The van der Waals surface area contributed by atoms with Crippen LogP contribution in [-0.4, -0.2) is 87.1 Å². The number of nitrogens with zero attached hydrogens (tertiary/aromatic N) is 4. The molecule has 0 aromatic heterocycles. The van der Waals surface area contributed by atoms with E-state index in [0.29, 0.717) is 25.6 Å². The first-order chi connectivity index (χ1) is 16.7. The van der Waals surface area contributed by atoms with E-state index in [9.17, 15) is 24.3 Å². The van der Waals surface area contributed by atoms with Crippen molar-refractivity contribution in [3.63, 3.8) is 0 Å². The van der Waals surface area contributed by atoms with Crippen LogP contribution < -0.4 is 5.32 Å². The Bertz CT molecular complexity index is 909. The highest BCUT2D eigenvalue weighted by molar-refractivity contribution is 5.91. The highest BCUT2D eigenvalue weighted by Gasteiger charge is 2.51. The smallest absolute Gasteiger partial charge is 0.334 e. The maximum Gasteiger partial charge on any atom is 0.334 e. The van der Waals surface area contributed by atoms with E-state index in [-0.39, 0.29) is 43.8 Å². The summed E-state index contributed by atoms with van der Waals surface area (Å²) in [5, 5.41) is 15.5. The Hall–Kier alpha value is -3.14. The number of urea groups is 1. The lowest BCUT2D eigenvalue weighted by Crippen LogP contribution is -2.76. The second-order valence-electron chi connectivity index (χ2n) is 9.57. The first-order valence-electron chi connectivity index (χ1n) is 12.4. The van der Waals surface area contributed by atoms with Crippen molar-refractivity contribution in [1.29, 1.82) is 0 Å². The highest BCUT2D eigenvalue weighted by atomic mass is 16.4. The second kappa shape index (κ2) is 12.0. The molecule has 1 aromatic rings. The van der Waals surface area contributed by atoms with Gasteiger partial charge in [0, 0.05) is 26.1 Å². The van der Waals surface area contributed by atoms with Crippen molar-refractivity contribution in [3.8, 4) is 0 Å². The summed E-state index contributed by atoms with van der Waals surface area (Å²) in [6.07, 6.45) is 0.603. The Labute approximate surface area is 206 Å². The van der Waals surface area contributed by atoms with Crippen LogP contribution >= 0.6 is 0 Å². The van der Waals surface area contributed by atoms with Crippen molar-refractivity contribution >= 4 is 23.8 Å². The Morgan fingerprint density at radius 1 is 1.14 bits per heavy atom. The van der Waals surface area contributed by atoms with Gasteiger partial charge in [-0.15, -0.1) is 0 Å². The highest BCUT2D eigenvalue weighted by Crippen LogP contribution is 2.29. The molecule has 0 aliphatic carbocycles. The fourth-order valence-electron chi connectivity index (χ4n) is 4.65. The summed E-state index contributed by atoms with van der Waals surface area (Å²) in [5.74, 6) is -1.16. The molecule has 0 bridgehead atoms. The fraction of sp³-hybridized carbons (Fsp3) is 0.600. The molecule has 3 rings (SSSR count). The van der Waals surface area contributed by atoms with Crippen molar-refractivity contribution in [2.45, 2.75) is 65.2 Å². The van der Waals surface area contributed by atoms with E-state index in [1.807, 2.05) is 37.3 Å². The molecule has 2 saturated heterocycles. The normalized spacial score (nSPS) is 20.9. The minimum atomic E-state index is -1.02. The molecule has 2 N–H and O–H groups in total. The number of hydrogen-bond acceptors (Lipinski definition) is 5. The van der Waals surface area contributed by atoms with Gasteiger partial charge in [0.15, 0.2) is 0 Å². The molecule has 2 fully saturated rings. The van der Waals surface area contributed by atoms with E-state index >= 15 is 0 Å². The van der Waals surface area contributed by atoms with Crippen molar-refractivity contribution in [2.75, 3.05) is 26.2 Å². The van der Waals surface area contributed by atoms with Crippen molar-refractivity contribution in [2.24, 2.45) is 5.92 Å². The molecule has 2 aliphatic heterocycles. The van der Waals surface area contributed by atoms with Crippen molar-refractivity contribution in [1.82, 2.24) is 25.1 Å². The van der Waals surface area contributed by atoms with Gasteiger partial charge < -0.3 is 20.2 Å². The number of nitrogens with one attached hydrogen (secondary N) is 1. The van der Waals surface area contributed by atoms with Gasteiger partial charge in [0.2, 0.25) is 11.8 Å². The average Bonchev–Trinajstić information content (AvgIpc) is 2.81. The Kier molecular flexibility index (Phi) is 9.08. The largest absolute Gasteiger partial charge is 0.481 e. The van der Waals surface area contributed by atoms with Crippen molar-refractivity contribution < 1.29 is 24.3 Å². The number of carbonyl (C=O) groups excluding carboxylic acids is 3. The molecule has 10 nitrogen and oxygen atoms in total. The minimum absolute atomic E-state index is 0.0157. The Morgan fingerprint density at radius 3 is 2.49 bits per heavy atom. The first kappa shape index (κ1) is 26.5. The van der Waals surface area contributed by atoms with Crippen LogP contribution in [0.25, 0.3) is 0 Å². The SMILES string of the molecule is CCCN1CC(=O)N2C(CN(CCC(C)C)C(=O)[C@@H]2CCC(=O)O)N1C(=O)NCc1ccccc1. The summed E-state index contributed by atoms with van der Waals surface area (Å²) in [5.41, 5.74) is 0.949. The molecule has 0 saturated carbocycles. The topological polar surface area (TPSA) is 114 Å². The number of amides is 4. The van der Waals surface area contributed by atoms with Gasteiger partial charge in [0.1, 0.15) is 12.2 Å². The number of piperazine rings is 1. The number of fused-ring (bicyclic) bond motifs is 1. The van der Waals surface area contributed by atoms with Gasteiger partial charge in [-0.3, -0.25) is 14.4 Å². The summed E-state index contributed by atoms with van der Waals surface area (Å²) in [7, 11) is 0. The maximum atomic E-state index is 13.5. The first-order valence-corrected chi connectivity index (χ1v) is 12.4. The van der Waals surface area contributed by atoms with Crippen LogP contribution in [0.15, 0.2) is 30.3 Å². The number of aliphatic carboxylic acids is 1. The van der Waals surface area contributed by atoms with Gasteiger partial charge in [0.05, 0.1) is 13.1 Å². The van der Waals surface area contributed by atoms with E-state index in [1.54, 1.807) is 14.9 Å². The number of rotatable bonds is 10. The molecule has 2 aliphatic rings. The summed E-state index contributed by atoms with van der Waals surface area (Å²) >= 11 is 0. The van der Waals surface area contributed by atoms with E-state index in [4.69, 9.17) is 0 Å². The molecule has 2 atom stereocenters. The zero-order chi connectivity index (χ0) is 25.5. The maximum absolute atomic E-state index is 13.5. The molecule has 192 valence electrons. The van der Waals surface area contributed by atoms with E-state index in [1.165, 1.54) is 4.90 Å². The van der Waals surface area contributed by atoms with E-state index in [0.717, 1.165) is 18.4 Å². The summed E-state index contributed by atoms with van der Waals surface area (Å²) in [4.78, 5) is 54.5. The zero-order valence-electron chi connectivity index (χ0n) is 20.9. The molecule has 35 heavy (non-hydrogen) atoms. The number of benzene rings is 1. The van der Waals surface area contributed by atoms with Crippen LogP contribution in [-0.2, 0) is 20.9 Å². The molecule has 0 spiro atoms. The van der Waals surface area contributed by atoms with E-state index < -0.39 is 18.2 Å². The van der Waals surface area contributed by atoms with Gasteiger partial charge in [-0.2, -0.15) is 0 Å². The van der Waals surface area contributed by atoms with Crippen LogP contribution in [0, 0.1) is 5.92 Å². The third kappa shape index (κ3) is 6.50. The van der Waals surface area contributed by atoms with Gasteiger partial charge in [0.25, 0.3) is 0 Å². The van der Waals surface area contributed by atoms with Crippen LogP contribution in [0.2, 0.25) is 0 Å². The lowest BCUT2D eigenvalue weighted by atomic mass is 10.0. The van der Waals surface area contributed by atoms with Crippen LogP contribution in [0.5, 0.6) is 0 Å². The van der Waals surface area contributed by atoms with Gasteiger partial charge in [-0.1, -0.05) is 51.1 Å². The molecular formula is C25H37N5O5. The standard InChI is InChI=1S/C25H37N5O5/c1-4-13-28-17-22(31)29-20(10-11-23(32)33)24(34)27(14-12-18(2)3)16-21(29)30(28)25(35)26-15-19-8-6-5-7-9-19/h5-9,18,20-21H,4,10-17H2,1-3H3,(H,26,35)(H,32,33)/t20-,21?/m0/s1. The monoisotopic (exact) mass is 487 g/mol. The molecule has 10 heteroatoms. The number of hydrogen-bond donors (Lipinski definition) is 2. The number of hydrazine groups is 1. The molecule has 1 aromatic carbocycles. The molecule has 0 radical (unpaired) electrons. The zero-order valence-corrected chi connectivity index (χ0v) is 20.9. The second-order valence-corrected chi connectivity index (χ2v) is 9.57. The number of carbonyl (C=O) groups is 4. The third-order valence-electron chi connectivity index (χ3n) is 6.41. The summed E-state index contributed by atoms with van der Waals surface area (Å²) in [6.45, 7) is 7.60. The molecule has 1 unspecified atom stereocenters. The Balaban J connectivity index is 1.90. The van der Waals surface area contributed by atoms with E-state index in [2.05, 4.69) is 19.2 Å². The van der Waals surface area contributed by atoms with Gasteiger partial charge >= 0.3 is 12.0 Å². The molecule has 2 heterocycles. The minimum Gasteiger partial charge on any atom is -0.481 e. The van der Waals surface area contributed by atoms with Crippen LogP contribution in [0.4, 0.5) is 4.79 Å². The van der Waals surface area contributed by atoms with Crippen LogP contribution in [0.1, 0.15) is 52.0 Å². The summed E-state index contributed by atoms with van der Waals surface area (Å²) < 4.78 is 0. The fourth-order valence-corrected chi connectivity index (χ4v) is 4.65. The molecule has 4 amide bonds. The van der Waals surface area contributed by atoms with Gasteiger partial charge in [-0.05, 0) is 30.7 Å².